The predicted octanol–water partition coefficient (Wildman–Crippen LogP) is 4.24. The molecule has 22 heavy (non-hydrogen) atoms. The number of carbonyl (C=O) groups is 1. The van der Waals surface area contributed by atoms with Gasteiger partial charge in [-0.2, -0.15) is 0 Å². The van der Waals surface area contributed by atoms with Gasteiger partial charge in [-0.05, 0) is 42.3 Å². The van der Waals surface area contributed by atoms with E-state index in [4.69, 9.17) is 16.3 Å². The molecule has 3 nitrogen and oxygen atoms in total. The van der Waals surface area contributed by atoms with E-state index in [1.807, 2.05) is 49.4 Å². The van der Waals surface area contributed by atoms with Crippen LogP contribution in [0.3, 0.4) is 0 Å². The van der Waals surface area contributed by atoms with Gasteiger partial charge in [-0.25, -0.2) is 0 Å². The highest BCUT2D eigenvalue weighted by atomic mass is 35.5. The van der Waals surface area contributed by atoms with E-state index in [2.05, 4.69) is 5.32 Å². The minimum atomic E-state index is -0.164. The Kier molecular flexibility index (Phi) is 5.61. The zero-order valence-electron chi connectivity index (χ0n) is 12.5. The van der Waals surface area contributed by atoms with Crippen molar-refractivity contribution in [3.8, 4) is 5.75 Å². The Balaban J connectivity index is 1.97. The molecule has 1 amide bonds. The van der Waals surface area contributed by atoms with Crippen LogP contribution in [0.2, 0.25) is 5.02 Å². The average Bonchev–Trinajstić information content (AvgIpc) is 2.54. The first-order chi connectivity index (χ1) is 10.6. The molecule has 1 N–H and O–H groups in total. The van der Waals surface area contributed by atoms with Gasteiger partial charge in [0.15, 0.2) is 0 Å². The molecule has 0 aliphatic rings. The van der Waals surface area contributed by atoms with E-state index < -0.39 is 0 Å². The molecule has 2 aromatic rings. The van der Waals surface area contributed by atoms with Gasteiger partial charge in [-0.15, -0.1) is 0 Å². The van der Waals surface area contributed by atoms with Gasteiger partial charge in [0.05, 0.1) is 13.2 Å². The molecule has 0 fully saturated rings. The summed E-state index contributed by atoms with van der Waals surface area (Å²) in [4.78, 5) is 12.0. The van der Waals surface area contributed by atoms with Crippen molar-refractivity contribution in [1.29, 1.82) is 0 Å². The number of hydrogen-bond acceptors (Lipinski definition) is 2. The summed E-state index contributed by atoms with van der Waals surface area (Å²) in [5.41, 5.74) is 1.83. The van der Waals surface area contributed by atoms with Crippen LogP contribution in [-0.4, -0.2) is 13.0 Å². The summed E-state index contributed by atoms with van der Waals surface area (Å²) in [5.74, 6) is 0.629. The Labute approximate surface area is 135 Å². The number of rotatable bonds is 5. The zero-order chi connectivity index (χ0) is 15.9. The fourth-order valence-electron chi connectivity index (χ4n) is 2.01. The van der Waals surface area contributed by atoms with E-state index in [0.717, 1.165) is 16.9 Å². The summed E-state index contributed by atoms with van der Waals surface area (Å²) in [5, 5.41) is 3.53. The molecule has 0 saturated heterocycles. The summed E-state index contributed by atoms with van der Waals surface area (Å²) in [6, 6.07) is 14.9. The number of benzene rings is 2. The Morgan fingerprint density at radius 3 is 2.50 bits per heavy atom. The molecule has 4 heteroatoms. The monoisotopic (exact) mass is 315 g/mol. The van der Waals surface area contributed by atoms with Gasteiger partial charge in [0, 0.05) is 11.1 Å². The third-order valence-corrected chi connectivity index (χ3v) is 3.64. The maximum atomic E-state index is 12.0. The van der Waals surface area contributed by atoms with Crippen LogP contribution >= 0.6 is 11.6 Å². The van der Waals surface area contributed by atoms with Crippen LogP contribution in [0.15, 0.2) is 54.6 Å². The van der Waals surface area contributed by atoms with Crippen molar-refractivity contribution in [3.63, 3.8) is 0 Å². The SMILES string of the molecule is COc1ccc(C(C)NC(=O)/C=C/c2ccccc2Cl)cc1. The standard InChI is InChI=1S/C18H18ClNO2/c1-13(14-7-10-16(22-2)11-8-14)20-18(21)12-9-15-5-3-4-6-17(15)19/h3-13H,1-2H3,(H,20,21)/b12-9+. The van der Waals surface area contributed by atoms with Crippen LogP contribution in [0.25, 0.3) is 6.08 Å². The number of carbonyl (C=O) groups excluding carboxylic acids is 1. The minimum absolute atomic E-state index is 0.0886. The first kappa shape index (κ1) is 16.1. The lowest BCUT2D eigenvalue weighted by atomic mass is 10.1. The van der Waals surface area contributed by atoms with Crippen LogP contribution < -0.4 is 10.1 Å². The van der Waals surface area contributed by atoms with E-state index in [9.17, 15) is 4.79 Å². The highest BCUT2D eigenvalue weighted by Crippen LogP contribution is 2.18. The van der Waals surface area contributed by atoms with Gasteiger partial charge in [0.25, 0.3) is 0 Å². The molecular formula is C18H18ClNO2. The van der Waals surface area contributed by atoms with Crippen LogP contribution in [0.4, 0.5) is 0 Å². The molecule has 0 heterocycles. The molecule has 1 atom stereocenters. The van der Waals surface area contributed by atoms with E-state index in [0.29, 0.717) is 5.02 Å². The van der Waals surface area contributed by atoms with E-state index >= 15 is 0 Å². The summed E-state index contributed by atoms with van der Waals surface area (Å²) < 4.78 is 5.12. The number of amides is 1. The lowest BCUT2D eigenvalue weighted by molar-refractivity contribution is -0.117. The Morgan fingerprint density at radius 2 is 1.86 bits per heavy atom. The fraction of sp³-hybridized carbons (Fsp3) is 0.167. The number of hydrogen-bond donors (Lipinski definition) is 1. The third-order valence-electron chi connectivity index (χ3n) is 3.29. The number of methoxy groups -OCH3 is 1. The first-order valence-corrected chi connectivity index (χ1v) is 7.35. The lowest BCUT2D eigenvalue weighted by Crippen LogP contribution is -2.24. The molecule has 1 unspecified atom stereocenters. The molecule has 114 valence electrons. The van der Waals surface area contributed by atoms with Gasteiger partial charge in [0.2, 0.25) is 5.91 Å². The number of ether oxygens (including phenoxy) is 1. The van der Waals surface area contributed by atoms with Crippen molar-refractivity contribution in [2.75, 3.05) is 7.11 Å². The van der Waals surface area contributed by atoms with Crippen molar-refractivity contribution in [3.05, 3.63) is 70.8 Å². The zero-order valence-corrected chi connectivity index (χ0v) is 13.3. The molecule has 0 aliphatic carbocycles. The Morgan fingerprint density at radius 1 is 1.18 bits per heavy atom. The first-order valence-electron chi connectivity index (χ1n) is 6.97. The minimum Gasteiger partial charge on any atom is -0.497 e. The van der Waals surface area contributed by atoms with E-state index in [1.54, 1.807) is 19.3 Å². The summed E-state index contributed by atoms with van der Waals surface area (Å²) in [6.45, 7) is 1.93. The summed E-state index contributed by atoms with van der Waals surface area (Å²) >= 11 is 6.04. The fourth-order valence-corrected chi connectivity index (χ4v) is 2.21. The van der Waals surface area contributed by atoms with Crippen molar-refractivity contribution in [2.24, 2.45) is 0 Å². The highest BCUT2D eigenvalue weighted by Gasteiger charge is 2.07. The van der Waals surface area contributed by atoms with Gasteiger partial charge in [-0.1, -0.05) is 41.9 Å². The largest absolute Gasteiger partial charge is 0.497 e. The third kappa shape index (κ3) is 4.37. The Hall–Kier alpha value is -2.26. The normalized spacial score (nSPS) is 12.1. The molecule has 0 radical (unpaired) electrons. The maximum absolute atomic E-state index is 12.0. The van der Waals surface area contributed by atoms with Gasteiger partial charge in [0.1, 0.15) is 5.75 Å². The van der Waals surface area contributed by atoms with Crippen LogP contribution in [0.5, 0.6) is 5.75 Å². The van der Waals surface area contributed by atoms with Gasteiger partial charge in [-0.3, -0.25) is 4.79 Å². The van der Waals surface area contributed by atoms with Crippen LogP contribution in [-0.2, 0) is 4.79 Å². The molecule has 2 aromatic carbocycles. The molecule has 0 spiro atoms. The average molecular weight is 316 g/mol. The maximum Gasteiger partial charge on any atom is 0.244 e. The van der Waals surface area contributed by atoms with Crippen molar-refractivity contribution < 1.29 is 9.53 Å². The van der Waals surface area contributed by atoms with Crippen molar-refractivity contribution in [2.45, 2.75) is 13.0 Å². The summed E-state index contributed by atoms with van der Waals surface area (Å²) in [6.07, 6.45) is 3.19. The van der Waals surface area contributed by atoms with E-state index in [1.165, 1.54) is 6.08 Å². The molecule has 0 saturated carbocycles. The van der Waals surface area contributed by atoms with Crippen molar-refractivity contribution in [1.82, 2.24) is 5.32 Å². The van der Waals surface area contributed by atoms with Crippen molar-refractivity contribution >= 4 is 23.6 Å². The Bertz CT molecular complexity index is 665. The van der Waals surface area contributed by atoms with E-state index in [-0.39, 0.29) is 11.9 Å². The lowest BCUT2D eigenvalue weighted by Gasteiger charge is -2.13. The molecule has 0 aromatic heterocycles. The predicted molar refractivity (Wildman–Crippen MR) is 90.0 cm³/mol. The number of halogens is 1. The summed E-state index contributed by atoms with van der Waals surface area (Å²) in [7, 11) is 1.62. The second-order valence-corrected chi connectivity index (χ2v) is 5.27. The van der Waals surface area contributed by atoms with Crippen LogP contribution in [0, 0.1) is 0 Å². The second kappa shape index (κ2) is 7.66. The van der Waals surface area contributed by atoms with Gasteiger partial charge >= 0.3 is 0 Å². The topological polar surface area (TPSA) is 38.3 Å². The smallest absolute Gasteiger partial charge is 0.244 e. The van der Waals surface area contributed by atoms with Gasteiger partial charge < -0.3 is 10.1 Å². The molecule has 0 aliphatic heterocycles. The molecule has 2 rings (SSSR count). The quantitative estimate of drug-likeness (QED) is 0.838. The number of nitrogens with one attached hydrogen (secondary N) is 1. The molecule has 0 bridgehead atoms. The molecular weight excluding hydrogens is 298 g/mol. The highest BCUT2D eigenvalue weighted by molar-refractivity contribution is 6.32. The van der Waals surface area contributed by atoms with Crippen LogP contribution in [0.1, 0.15) is 24.1 Å². The second-order valence-electron chi connectivity index (χ2n) is 4.86.